The van der Waals surface area contributed by atoms with Crippen molar-refractivity contribution in [3.8, 4) is 11.5 Å². The molecule has 2 aromatic carbocycles. The topological polar surface area (TPSA) is 60.9 Å². The highest BCUT2D eigenvalue weighted by atomic mass is 32.1. The number of anilines is 1. The number of rotatable bonds is 8. The van der Waals surface area contributed by atoms with Crippen molar-refractivity contribution < 1.29 is 19.0 Å². The largest absolute Gasteiger partial charge is 0.494 e. The van der Waals surface area contributed by atoms with Crippen molar-refractivity contribution in [1.82, 2.24) is 4.98 Å². The first-order valence-electron chi connectivity index (χ1n) is 10.7. The van der Waals surface area contributed by atoms with E-state index in [2.05, 4.69) is 6.92 Å². The third-order valence-corrected chi connectivity index (χ3v) is 6.66. The number of aromatic nitrogens is 1. The summed E-state index contributed by atoms with van der Waals surface area (Å²) < 4.78 is 17.9. The van der Waals surface area contributed by atoms with Crippen molar-refractivity contribution in [2.45, 2.75) is 39.2 Å². The van der Waals surface area contributed by atoms with E-state index in [1.807, 2.05) is 43.3 Å². The van der Waals surface area contributed by atoms with E-state index in [9.17, 15) is 4.79 Å². The van der Waals surface area contributed by atoms with Crippen LogP contribution in [0.2, 0.25) is 0 Å². The Balaban J connectivity index is 1.63. The fraction of sp³-hybridized carbons (Fsp3) is 0.417. The van der Waals surface area contributed by atoms with Gasteiger partial charge >= 0.3 is 0 Å². The van der Waals surface area contributed by atoms with Crippen LogP contribution in [0.25, 0.3) is 10.2 Å². The molecule has 0 N–H and O–H groups in total. The molecule has 1 aliphatic heterocycles. The highest BCUT2D eigenvalue weighted by molar-refractivity contribution is 7.22. The van der Waals surface area contributed by atoms with E-state index >= 15 is 0 Å². The van der Waals surface area contributed by atoms with Crippen LogP contribution in [-0.4, -0.2) is 43.9 Å². The second-order valence-corrected chi connectivity index (χ2v) is 8.63. The lowest BCUT2D eigenvalue weighted by Gasteiger charge is -2.23. The molecule has 1 saturated heterocycles. The molecule has 1 amide bonds. The predicted octanol–water partition coefficient (Wildman–Crippen LogP) is 4.77. The van der Waals surface area contributed by atoms with Crippen LogP contribution >= 0.6 is 11.3 Å². The van der Waals surface area contributed by atoms with Gasteiger partial charge < -0.3 is 14.2 Å². The molecule has 1 atom stereocenters. The first-order valence-corrected chi connectivity index (χ1v) is 11.5. The summed E-state index contributed by atoms with van der Waals surface area (Å²) in [6, 6.07) is 11.6. The van der Waals surface area contributed by atoms with Crippen LogP contribution in [0.5, 0.6) is 11.5 Å². The van der Waals surface area contributed by atoms with Gasteiger partial charge in [0.05, 0.1) is 37.5 Å². The Kier molecular flexibility index (Phi) is 6.73. The third kappa shape index (κ3) is 4.83. The molecule has 4 rings (SSSR count). The van der Waals surface area contributed by atoms with Gasteiger partial charge in [-0.25, -0.2) is 4.98 Å². The van der Waals surface area contributed by atoms with Crippen molar-refractivity contribution in [3.63, 3.8) is 0 Å². The molecular weight excluding hydrogens is 412 g/mol. The lowest BCUT2D eigenvalue weighted by molar-refractivity contribution is -0.118. The molecule has 3 aromatic rings. The molecule has 2 heterocycles. The number of thiazole rings is 1. The van der Waals surface area contributed by atoms with Crippen molar-refractivity contribution in [1.29, 1.82) is 0 Å². The molecule has 31 heavy (non-hydrogen) atoms. The maximum absolute atomic E-state index is 13.4. The first kappa shape index (κ1) is 21.6. The SMILES string of the molecule is CCOc1ccc(CC(=O)N(CC2CCCO2)c2nc3c(OC)ccc(C)c3s2)cc1. The summed E-state index contributed by atoms with van der Waals surface area (Å²) in [6.07, 6.45) is 2.32. The average molecular weight is 441 g/mol. The number of hydrogen-bond acceptors (Lipinski definition) is 6. The van der Waals surface area contributed by atoms with Gasteiger partial charge in [-0.3, -0.25) is 9.69 Å². The Labute approximate surface area is 186 Å². The fourth-order valence-corrected chi connectivity index (χ4v) is 4.88. The number of hydrogen-bond donors (Lipinski definition) is 0. The number of benzene rings is 2. The van der Waals surface area contributed by atoms with Crippen LogP contribution < -0.4 is 14.4 Å². The molecule has 1 aliphatic rings. The molecule has 0 bridgehead atoms. The van der Waals surface area contributed by atoms with Gasteiger partial charge in [0.15, 0.2) is 5.13 Å². The maximum Gasteiger partial charge on any atom is 0.233 e. The molecule has 7 heteroatoms. The lowest BCUT2D eigenvalue weighted by Crippen LogP contribution is -2.38. The standard InChI is InChI=1S/C24H28N2O4S/c1-4-29-18-10-8-17(9-11-18)14-21(27)26(15-19-6-5-13-30-19)24-25-22-20(28-3)12-7-16(2)23(22)31-24/h7-12,19H,4-6,13-15H2,1-3H3. The smallest absolute Gasteiger partial charge is 0.233 e. The van der Waals surface area contributed by atoms with E-state index in [1.165, 1.54) is 11.3 Å². The molecule has 1 fully saturated rings. The monoisotopic (exact) mass is 440 g/mol. The minimum absolute atomic E-state index is 0.00957. The summed E-state index contributed by atoms with van der Waals surface area (Å²) in [5.41, 5.74) is 2.87. The van der Waals surface area contributed by atoms with Crippen LogP contribution in [0, 0.1) is 6.92 Å². The summed E-state index contributed by atoms with van der Waals surface area (Å²) in [5.74, 6) is 1.54. The zero-order valence-corrected chi connectivity index (χ0v) is 19.0. The predicted molar refractivity (Wildman–Crippen MR) is 124 cm³/mol. The van der Waals surface area contributed by atoms with Gasteiger partial charge in [0.1, 0.15) is 17.0 Å². The molecule has 0 saturated carbocycles. The Hall–Kier alpha value is -2.64. The summed E-state index contributed by atoms with van der Waals surface area (Å²) in [5, 5.41) is 0.689. The molecule has 6 nitrogen and oxygen atoms in total. The third-order valence-electron chi connectivity index (χ3n) is 5.44. The number of ether oxygens (including phenoxy) is 3. The summed E-state index contributed by atoms with van der Waals surface area (Å²) in [4.78, 5) is 20.0. The van der Waals surface area contributed by atoms with Crippen molar-refractivity contribution >= 4 is 32.6 Å². The summed E-state index contributed by atoms with van der Waals surface area (Å²) in [7, 11) is 1.64. The number of nitrogens with zero attached hydrogens (tertiary/aromatic N) is 2. The Morgan fingerprint density at radius 3 is 2.74 bits per heavy atom. The second-order valence-electron chi connectivity index (χ2n) is 7.65. The zero-order valence-electron chi connectivity index (χ0n) is 18.2. The Morgan fingerprint density at radius 2 is 2.06 bits per heavy atom. The van der Waals surface area contributed by atoms with E-state index < -0.39 is 0 Å². The van der Waals surface area contributed by atoms with Crippen molar-refractivity contribution in [3.05, 3.63) is 47.5 Å². The summed E-state index contributed by atoms with van der Waals surface area (Å²) in [6.45, 7) is 5.88. The number of carbonyl (C=O) groups excluding carboxylic acids is 1. The minimum atomic E-state index is 0.00957. The number of fused-ring (bicyclic) bond motifs is 1. The van der Waals surface area contributed by atoms with E-state index in [0.717, 1.165) is 52.3 Å². The highest BCUT2D eigenvalue weighted by Gasteiger charge is 2.27. The molecule has 0 radical (unpaired) electrons. The first-order chi connectivity index (χ1) is 15.1. The van der Waals surface area contributed by atoms with Crippen molar-refractivity contribution in [2.24, 2.45) is 0 Å². The Bertz CT molecular complexity index is 1040. The minimum Gasteiger partial charge on any atom is -0.494 e. The second kappa shape index (κ2) is 9.66. The van der Waals surface area contributed by atoms with Crippen LogP contribution in [0.3, 0.4) is 0 Å². The van der Waals surface area contributed by atoms with Gasteiger partial charge in [0.25, 0.3) is 0 Å². The zero-order chi connectivity index (χ0) is 21.8. The molecule has 0 aliphatic carbocycles. The van der Waals surface area contributed by atoms with Gasteiger partial charge in [-0.1, -0.05) is 29.5 Å². The van der Waals surface area contributed by atoms with E-state index in [0.29, 0.717) is 24.7 Å². The average Bonchev–Trinajstić information content (AvgIpc) is 3.44. The van der Waals surface area contributed by atoms with E-state index in [1.54, 1.807) is 12.0 Å². The van der Waals surface area contributed by atoms with E-state index in [-0.39, 0.29) is 12.0 Å². The normalized spacial score (nSPS) is 15.9. The van der Waals surface area contributed by atoms with Gasteiger partial charge in [-0.15, -0.1) is 0 Å². The van der Waals surface area contributed by atoms with Gasteiger partial charge in [0, 0.05) is 6.61 Å². The molecule has 1 aromatic heterocycles. The van der Waals surface area contributed by atoms with E-state index in [4.69, 9.17) is 19.2 Å². The number of methoxy groups -OCH3 is 1. The number of carbonyl (C=O) groups is 1. The van der Waals surface area contributed by atoms with Crippen molar-refractivity contribution in [2.75, 3.05) is 31.8 Å². The lowest BCUT2D eigenvalue weighted by atomic mass is 10.1. The summed E-state index contributed by atoms with van der Waals surface area (Å²) >= 11 is 1.53. The number of aryl methyl sites for hydroxylation is 1. The molecule has 164 valence electrons. The molecule has 0 spiro atoms. The maximum atomic E-state index is 13.4. The van der Waals surface area contributed by atoms with Crippen LogP contribution in [0.4, 0.5) is 5.13 Å². The fourth-order valence-electron chi connectivity index (χ4n) is 3.80. The molecule has 1 unspecified atom stereocenters. The van der Waals surface area contributed by atoms with Crippen LogP contribution in [-0.2, 0) is 16.0 Å². The van der Waals surface area contributed by atoms with Gasteiger partial charge in [-0.05, 0) is 56.0 Å². The molecular formula is C24H28N2O4S. The Morgan fingerprint density at radius 1 is 1.26 bits per heavy atom. The van der Waals surface area contributed by atoms with Gasteiger partial charge in [-0.2, -0.15) is 0 Å². The quantitative estimate of drug-likeness (QED) is 0.505. The van der Waals surface area contributed by atoms with Crippen LogP contribution in [0.15, 0.2) is 36.4 Å². The van der Waals surface area contributed by atoms with Gasteiger partial charge in [0.2, 0.25) is 5.91 Å². The highest BCUT2D eigenvalue weighted by Crippen LogP contribution is 2.37. The van der Waals surface area contributed by atoms with Crippen LogP contribution in [0.1, 0.15) is 30.9 Å². The number of amides is 1.